The third kappa shape index (κ3) is 6.99. The van der Waals surface area contributed by atoms with Crippen LogP contribution in [0.4, 0.5) is 0 Å². The molecule has 7 heteroatoms. The summed E-state index contributed by atoms with van der Waals surface area (Å²) >= 11 is 0. The number of rotatable bonds is 7. The van der Waals surface area contributed by atoms with Gasteiger partial charge in [0, 0.05) is 32.7 Å². The Kier molecular flexibility index (Phi) is 9.52. The van der Waals surface area contributed by atoms with Crippen molar-refractivity contribution in [3.63, 3.8) is 0 Å². The number of benzene rings is 1. The third-order valence-corrected chi connectivity index (χ3v) is 3.88. The Morgan fingerprint density at radius 3 is 2.76 bits per heavy atom. The lowest BCUT2D eigenvalue weighted by Crippen LogP contribution is -2.46. The molecule has 0 aliphatic carbocycles. The average molecular weight is 463 g/mol. The normalized spacial score (nSPS) is 18.6. The summed E-state index contributed by atoms with van der Waals surface area (Å²) in [4.78, 5) is 4.31. The van der Waals surface area contributed by atoms with Gasteiger partial charge in [-0.2, -0.15) is 0 Å². The maximum Gasteiger partial charge on any atom is 0.191 e. The summed E-state index contributed by atoms with van der Waals surface area (Å²) in [5.41, 5.74) is 0.949. The van der Waals surface area contributed by atoms with E-state index in [0.29, 0.717) is 26.4 Å². The molecule has 1 unspecified atom stereocenters. The number of para-hydroxylation sites is 1. The van der Waals surface area contributed by atoms with Gasteiger partial charge in [0.25, 0.3) is 0 Å². The number of hydrogen-bond donors (Lipinski definition) is 2. The molecule has 1 aromatic carbocycles. The van der Waals surface area contributed by atoms with Gasteiger partial charge in [-0.3, -0.25) is 4.99 Å². The van der Waals surface area contributed by atoms with E-state index in [1.165, 1.54) is 0 Å². The summed E-state index contributed by atoms with van der Waals surface area (Å²) in [5, 5.41) is 6.78. The third-order valence-electron chi connectivity index (χ3n) is 3.88. The Bertz CT molecular complexity index is 552. The molecule has 6 nitrogen and oxygen atoms in total. The fourth-order valence-corrected chi connectivity index (χ4v) is 2.78. The van der Waals surface area contributed by atoms with Crippen molar-refractivity contribution in [1.29, 1.82) is 0 Å². The quantitative estimate of drug-likeness (QED) is 0.282. The largest absolute Gasteiger partial charge is 0.487 e. The number of nitrogens with zero attached hydrogens (tertiary/aromatic N) is 1. The Labute approximate surface area is 167 Å². The van der Waals surface area contributed by atoms with E-state index in [1.54, 1.807) is 14.2 Å². The number of methoxy groups -OCH3 is 1. The van der Waals surface area contributed by atoms with Crippen LogP contribution in [0.5, 0.6) is 5.75 Å². The van der Waals surface area contributed by atoms with E-state index in [-0.39, 0.29) is 35.6 Å². The monoisotopic (exact) mass is 463 g/mol. The SMILES string of the molecule is CN=C(NCCOCCOC)NC1CC(C)(C)Oc2ccccc21.I. The van der Waals surface area contributed by atoms with Crippen molar-refractivity contribution in [2.45, 2.75) is 31.9 Å². The molecular formula is C18H30IN3O3. The van der Waals surface area contributed by atoms with E-state index in [1.807, 2.05) is 18.2 Å². The van der Waals surface area contributed by atoms with Crippen LogP contribution in [0.3, 0.4) is 0 Å². The molecule has 2 N–H and O–H groups in total. The van der Waals surface area contributed by atoms with Crippen molar-refractivity contribution in [3.05, 3.63) is 29.8 Å². The highest BCUT2D eigenvalue weighted by atomic mass is 127. The molecule has 0 saturated heterocycles. The van der Waals surface area contributed by atoms with Crippen molar-refractivity contribution >= 4 is 29.9 Å². The van der Waals surface area contributed by atoms with Gasteiger partial charge in [0.05, 0.1) is 25.9 Å². The number of fused-ring (bicyclic) bond motifs is 1. The highest BCUT2D eigenvalue weighted by Gasteiger charge is 2.33. The number of guanidine groups is 1. The molecule has 1 atom stereocenters. The fourth-order valence-electron chi connectivity index (χ4n) is 2.78. The summed E-state index contributed by atoms with van der Waals surface area (Å²) in [6, 6.07) is 8.32. The highest BCUT2D eigenvalue weighted by molar-refractivity contribution is 14.0. The average Bonchev–Trinajstić information content (AvgIpc) is 2.55. The molecule has 0 radical (unpaired) electrons. The minimum absolute atomic E-state index is 0. The maximum absolute atomic E-state index is 6.07. The van der Waals surface area contributed by atoms with Crippen LogP contribution in [-0.2, 0) is 9.47 Å². The number of hydrogen-bond acceptors (Lipinski definition) is 4. The predicted molar refractivity (Wildman–Crippen MR) is 111 cm³/mol. The van der Waals surface area contributed by atoms with Gasteiger partial charge in [-0.05, 0) is 19.9 Å². The zero-order valence-electron chi connectivity index (χ0n) is 15.5. The summed E-state index contributed by atoms with van der Waals surface area (Å²) in [5.74, 6) is 1.70. The molecule has 0 aromatic heterocycles. The first kappa shape index (κ1) is 22.0. The van der Waals surface area contributed by atoms with Crippen LogP contribution in [0.1, 0.15) is 31.9 Å². The molecule has 142 valence electrons. The molecule has 25 heavy (non-hydrogen) atoms. The number of ether oxygens (including phenoxy) is 3. The summed E-state index contributed by atoms with van der Waals surface area (Å²) in [6.45, 7) is 6.74. The lowest BCUT2D eigenvalue weighted by Gasteiger charge is -2.38. The predicted octanol–water partition coefficient (Wildman–Crippen LogP) is 2.73. The highest BCUT2D eigenvalue weighted by Crippen LogP contribution is 2.39. The number of nitrogens with one attached hydrogen (secondary N) is 2. The van der Waals surface area contributed by atoms with Crippen molar-refractivity contribution in [1.82, 2.24) is 10.6 Å². The van der Waals surface area contributed by atoms with Crippen LogP contribution >= 0.6 is 24.0 Å². The first-order valence-corrected chi connectivity index (χ1v) is 8.37. The van der Waals surface area contributed by atoms with Crippen LogP contribution in [-0.4, -0.2) is 52.1 Å². The van der Waals surface area contributed by atoms with Crippen LogP contribution in [0.25, 0.3) is 0 Å². The minimum Gasteiger partial charge on any atom is -0.487 e. The second-order valence-corrected chi connectivity index (χ2v) is 6.40. The lowest BCUT2D eigenvalue weighted by atomic mass is 9.90. The van der Waals surface area contributed by atoms with E-state index in [2.05, 4.69) is 35.5 Å². The molecule has 1 aliphatic heterocycles. The van der Waals surface area contributed by atoms with Crippen LogP contribution in [0.2, 0.25) is 0 Å². The van der Waals surface area contributed by atoms with E-state index in [0.717, 1.165) is 23.7 Å². The maximum atomic E-state index is 6.07. The first-order valence-electron chi connectivity index (χ1n) is 8.37. The second kappa shape index (κ2) is 10.8. The van der Waals surface area contributed by atoms with E-state index in [4.69, 9.17) is 14.2 Å². The summed E-state index contributed by atoms with van der Waals surface area (Å²) < 4.78 is 16.5. The van der Waals surface area contributed by atoms with Crippen molar-refractivity contribution < 1.29 is 14.2 Å². The van der Waals surface area contributed by atoms with Gasteiger partial charge in [0.15, 0.2) is 5.96 Å². The topological polar surface area (TPSA) is 64.1 Å². The van der Waals surface area contributed by atoms with Gasteiger partial charge >= 0.3 is 0 Å². The van der Waals surface area contributed by atoms with Gasteiger partial charge in [-0.25, -0.2) is 0 Å². The molecule has 1 aromatic rings. The standard InChI is InChI=1S/C18H29N3O3.HI/c1-18(2)13-15(14-7-5-6-8-16(14)24-18)21-17(19-3)20-9-10-23-12-11-22-4;/h5-8,15H,9-13H2,1-4H3,(H2,19,20,21);1H. The summed E-state index contributed by atoms with van der Waals surface area (Å²) in [7, 11) is 3.44. The van der Waals surface area contributed by atoms with Crippen LogP contribution in [0.15, 0.2) is 29.3 Å². The lowest BCUT2D eigenvalue weighted by molar-refractivity contribution is 0.0687. The van der Waals surface area contributed by atoms with E-state index in [9.17, 15) is 0 Å². The van der Waals surface area contributed by atoms with Crippen molar-refractivity contribution in [2.75, 3.05) is 40.5 Å². The Morgan fingerprint density at radius 2 is 2.04 bits per heavy atom. The van der Waals surface area contributed by atoms with Crippen LogP contribution in [0, 0.1) is 0 Å². The van der Waals surface area contributed by atoms with E-state index < -0.39 is 0 Å². The molecule has 1 heterocycles. The Balaban J connectivity index is 0.00000312. The molecule has 0 bridgehead atoms. The molecular weight excluding hydrogens is 433 g/mol. The fraction of sp³-hybridized carbons (Fsp3) is 0.611. The zero-order chi connectivity index (χ0) is 17.4. The summed E-state index contributed by atoms with van der Waals surface area (Å²) in [6.07, 6.45) is 0.870. The number of halogens is 1. The van der Waals surface area contributed by atoms with Crippen molar-refractivity contribution in [2.24, 2.45) is 4.99 Å². The van der Waals surface area contributed by atoms with Gasteiger partial charge < -0.3 is 24.8 Å². The Hall–Kier alpha value is -1.06. The first-order chi connectivity index (χ1) is 11.6. The molecule has 1 aliphatic rings. The van der Waals surface area contributed by atoms with Gasteiger partial charge in [-0.15, -0.1) is 24.0 Å². The van der Waals surface area contributed by atoms with E-state index >= 15 is 0 Å². The van der Waals surface area contributed by atoms with Gasteiger partial charge in [0.2, 0.25) is 0 Å². The zero-order valence-corrected chi connectivity index (χ0v) is 17.8. The number of aliphatic imine (C=N–C) groups is 1. The molecule has 0 fully saturated rings. The minimum atomic E-state index is -0.214. The second-order valence-electron chi connectivity index (χ2n) is 6.40. The van der Waals surface area contributed by atoms with Gasteiger partial charge in [-0.1, -0.05) is 18.2 Å². The molecule has 0 spiro atoms. The van der Waals surface area contributed by atoms with Gasteiger partial charge in [0.1, 0.15) is 11.4 Å². The Morgan fingerprint density at radius 1 is 1.28 bits per heavy atom. The van der Waals surface area contributed by atoms with Crippen molar-refractivity contribution in [3.8, 4) is 5.75 Å². The molecule has 2 rings (SSSR count). The smallest absolute Gasteiger partial charge is 0.191 e. The molecule has 0 amide bonds. The molecule has 0 saturated carbocycles. The van der Waals surface area contributed by atoms with Crippen LogP contribution < -0.4 is 15.4 Å².